The number of aryl methyl sites for hydroxylation is 1. The number of carbonyl (C=O) groups is 2. The summed E-state index contributed by atoms with van der Waals surface area (Å²) in [7, 11) is 0. The summed E-state index contributed by atoms with van der Waals surface area (Å²) in [5.74, 6) is -1.10. The first kappa shape index (κ1) is 16.0. The topological polar surface area (TPSA) is 71.3 Å². The second-order valence-corrected chi connectivity index (χ2v) is 6.17. The van der Waals surface area contributed by atoms with E-state index in [4.69, 9.17) is 5.11 Å². The predicted molar refractivity (Wildman–Crippen MR) is 93.8 cm³/mol. The number of carboxylic acids is 1. The van der Waals surface area contributed by atoms with Crippen LogP contribution in [0.25, 0.3) is 10.6 Å². The van der Waals surface area contributed by atoms with Gasteiger partial charge in [0.25, 0.3) is 5.91 Å². The van der Waals surface area contributed by atoms with Crippen molar-refractivity contribution in [2.75, 3.05) is 5.43 Å². The van der Waals surface area contributed by atoms with Crippen LogP contribution < -0.4 is 5.43 Å². The van der Waals surface area contributed by atoms with E-state index >= 15 is 0 Å². The Morgan fingerprint density at radius 2 is 1.83 bits per heavy atom. The average Bonchev–Trinajstić information content (AvgIpc) is 3.23. The maximum absolute atomic E-state index is 12.5. The van der Waals surface area contributed by atoms with E-state index in [1.807, 2.05) is 35.7 Å². The van der Waals surface area contributed by atoms with Gasteiger partial charge in [0.1, 0.15) is 0 Å². The second-order valence-electron chi connectivity index (χ2n) is 5.22. The number of amides is 1. The van der Waals surface area contributed by atoms with Crippen LogP contribution in [0.3, 0.4) is 0 Å². The molecule has 0 aliphatic carbocycles. The fraction of sp³-hybridized carbons (Fsp3) is 0.111. The van der Waals surface area contributed by atoms with Crippen LogP contribution in [0.1, 0.15) is 22.5 Å². The molecule has 0 aliphatic heterocycles. The van der Waals surface area contributed by atoms with Gasteiger partial charge in [-0.25, -0.2) is 0 Å². The van der Waals surface area contributed by atoms with Crippen LogP contribution in [-0.4, -0.2) is 21.7 Å². The monoisotopic (exact) mass is 340 g/mol. The first-order chi connectivity index (χ1) is 11.6. The summed E-state index contributed by atoms with van der Waals surface area (Å²) >= 11 is 1.56. The fourth-order valence-electron chi connectivity index (χ4n) is 2.41. The number of hydrogen-bond acceptors (Lipinski definition) is 3. The molecule has 0 aliphatic rings. The SMILES string of the molecule is O=C(O)CCc1ccc(-c2cccs2)n1NC(=O)c1ccccc1. The summed E-state index contributed by atoms with van der Waals surface area (Å²) in [4.78, 5) is 24.4. The second kappa shape index (κ2) is 7.14. The summed E-state index contributed by atoms with van der Waals surface area (Å²) in [6, 6.07) is 16.6. The van der Waals surface area contributed by atoms with Gasteiger partial charge >= 0.3 is 5.97 Å². The number of rotatable bonds is 6. The van der Waals surface area contributed by atoms with Crippen molar-refractivity contribution in [2.45, 2.75) is 12.8 Å². The number of thiophene rings is 1. The van der Waals surface area contributed by atoms with E-state index in [-0.39, 0.29) is 12.3 Å². The first-order valence-electron chi connectivity index (χ1n) is 7.48. The van der Waals surface area contributed by atoms with Crippen molar-refractivity contribution in [3.8, 4) is 10.6 Å². The number of aliphatic carboxylic acids is 1. The molecule has 2 aromatic heterocycles. The third-order valence-electron chi connectivity index (χ3n) is 3.58. The van der Waals surface area contributed by atoms with E-state index in [0.717, 1.165) is 16.3 Å². The molecule has 0 radical (unpaired) electrons. The summed E-state index contributed by atoms with van der Waals surface area (Å²) in [6.45, 7) is 0. The van der Waals surface area contributed by atoms with Gasteiger partial charge < -0.3 is 5.11 Å². The number of carboxylic acid groups (broad SMARTS) is 1. The van der Waals surface area contributed by atoms with Gasteiger partial charge in [0.05, 0.1) is 17.0 Å². The Balaban J connectivity index is 1.92. The molecule has 1 aromatic carbocycles. The van der Waals surface area contributed by atoms with Crippen LogP contribution >= 0.6 is 11.3 Å². The maximum Gasteiger partial charge on any atom is 0.303 e. The van der Waals surface area contributed by atoms with Gasteiger partial charge in [-0.15, -0.1) is 11.3 Å². The highest BCUT2D eigenvalue weighted by Crippen LogP contribution is 2.27. The van der Waals surface area contributed by atoms with Gasteiger partial charge in [0, 0.05) is 17.7 Å². The lowest BCUT2D eigenvalue weighted by Crippen LogP contribution is -2.25. The quantitative estimate of drug-likeness (QED) is 0.720. The van der Waals surface area contributed by atoms with Gasteiger partial charge in [0.15, 0.2) is 0 Å². The lowest BCUT2D eigenvalue weighted by molar-refractivity contribution is -0.136. The predicted octanol–water partition coefficient (Wildman–Crippen LogP) is 3.62. The molecule has 24 heavy (non-hydrogen) atoms. The Morgan fingerprint density at radius 1 is 1.04 bits per heavy atom. The highest BCUT2D eigenvalue weighted by Gasteiger charge is 2.15. The van der Waals surface area contributed by atoms with Crippen molar-refractivity contribution in [3.05, 3.63) is 71.2 Å². The fourth-order valence-corrected chi connectivity index (χ4v) is 3.15. The summed E-state index contributed by atoms with van der Waals surface area (Å²) in [6.07, 6.45) is 0.352. The van der Waals surface area contributed by atoms with Gasteiger partial charge in [-0.1, -0.05) is 24.3 Å². The average molecular weight is 340 g/mol. The molecule has 2 heterocycles. The Hall–Kier alpha value is -2.86. The van der Waals surface area contributed by atoms with E-state index in [1.54, 1.807) is 40.3 Å². The minimum atomic E-state index is -0.866. The Bertz CT molecular complexity index is 839. The van der Waals surface area contributed by atoms with Gasteiger partial charge in [-0.3, -0.25) is 19.7 Å². The zero-order valence-corrected chi connectivity index (χ0v) is 13.6. The van der Waals surface area contributed by atoms with Crippen molar-refractivity contribution in [3.63, 3.8) is 0 Å². The van der Waals surface area contributed by atoms with Crippen LogP contribution in [0, 0.1) is 0 Å². The number of nitrogens with zero attached hydrogens (tertiary/aromatic N) is 1. The number of aromatic nitrogens is 1. The van der Waals surface area contributed by atoms with Crippen molar-refractivity contribution in [1.82, 2.24) is 4.68 Å². The van der Waals surface area contributed by atoms with Gasteiger partial charge in [0.2, 0.25) is 0 Å². The molecule has 3 rings (SSSR count). The van der Waals surface area contributed by atoms with E-state index in [2.05, 4.69) is 5.43 Å². The Morgan fingerprint density at radius 3 is 2.50 bits per heavy atom. The molecule has 5 nitrogen and oxygen atoms in total. The number of benzene rings is 1. The molecule has 1 amide bonds. The number of hydrogen-bond donors (Lipinski definition) is 2. The van der Waals surface area contributed by atoms with Crippen molar-refractivity contribution in [1.29, 1.82) is 0 Å². The highest BCUT2D eigenvalue weighted by molar-refractivity contribution is 7.13. The highest BCUT2D eigenvalue weighted by atomic mass is 32.1. The molecule has 0 fully saturated rings. The van der Waals surface area contributed by atoms with Crippen LogP contribution in [0.2, 0.25) is 0 Å². The van der Waals surface area contributed by atoms with E-state index in [1.165, 1.54) is 0 Å². The molecule has 0 atom stereocenters. The molecule has 2 N–H and O–H groups in total. The Labute approximate surface area is 143 Å². The third-order valence-corrected chi connectivity index (χ3v) is 4.47. The zero-order chi connectivity index (χ0) is 16.9. The smallest absolute Gasteiger partial charge is 0.303 e. The maximum atomic E-state index is 12.5. The standard InChI is InChI=1S/C18H16N2O3S/c21-17(22)11-9-14-8-10-15(16-7-4-12-24-16)20(14)19-18(23)13-5-2-1-3-6-13/h1-8,10,12H,9,11H2,(H,19,23)(H,21,22). The summed E-state index contributed by atoms with van der Waals surface area (Å²) < 4.78 is 1.68. The molecule has 0 saturated carbocycles. The Kier molecular flexibility index (Phi) is 4.77. The lowest BCUT2D eigenvalue weighted by atomic mass is 10.2. The molecule has 0 unspecified atom stereocenters. The van der Waals surface area contributed by atoms with Crippen LogP contribution in [0.15, 0.2) is 60.0 Å². The molecule has 6 heteroatoms. The van der Waals surface area contributed by atoms with Crippen molar-refractivity contribution in [2.24, 2.45) is 0 Å². The minimum Gasteiger partial charge on any atom is -0.481 e. The normalized spacial score (nSPS) is 10.5. The van der Waals surface area contributed by atoms with Crippen molar-refractivity contribution < 1.29 is 14.7 Å². The first-order valence-corrected chi connectivity index (χ1v) is 8.36. The van der Waals surface area contributed by atoms with E-state index in [9.17, 15) is 9.59 Å². The van der Waals surface area contributed by atoms with Gasteiger partial charge in [-0.2, -0.15) is 0 Å². The number of nitrogens with one attached hydrogen (secondary N) is 1. The van der Waals surface area contributed by atoms with Crippen molar-refractivity contribution >= 4 is 23.2 Å². The van der Waals surface area contributed by atoms with E-state index in [0.29, 0.717) is 12.0 Å². The summed E-state index contributed by atoms with van der Waals surface area (Å²) in [5, 5.41) is 10.9. The molecular weight excluding hydrogens is 324 g/mol. The molecule has 3 aromatic rings. The van der Waals surface area contributed by atoms with Crippen LogP contribution in [0.5, 0.6) is 0 Å². The zero-order valence-electron chi connectivity index (χ0n) is 12.8. The minimum absolute atomic E-state index is 0.00903. The largest absolute Gasteiger partial charge is 0.481 e. The molecular formula is C18H16N2O3S. The molecule has 0 saturated heterocycles. The van der Waals surface area contributed by atoms with Crippen LogP contribution in [0.4, 0.5) is 0 Å². The van der Waals surface area contributed by atoms with E-state index < -0.39 is 5.97 Å². The summed E-state index contributed by atoms with van der Waals surface area (Å²) in [5.41, 5.74) is 5.02. The van der Waals surface area contributed by atoms with Gasteiger partial charge in [-0.05, 0) is 35.7 Å². The molecule has 0 spiro atoms. The lowest BCUT2D eigenvalue weighted by Gasteiger charge is -2.14. The molecule has 122 valence electrons. The third kappa shape index (κ3) is 3.55. The number of carbonyl (C=O) groups excluding carboxylic acids is 1. The van der Waals surface area contributed by atoms with Crippen LogP contribution in [-0.2, 0) is 11.2 Å². The molecule has 0 bridgehead atoms.